The van der Waals surface area contributed by atoms with Crippen LogP contribution in [0.15, 0.2) is 24.5 Å². The van der Waals surface area contributed by atoms with Crippen molar-refractivity contribution in [3.05, 3.63) is 30.1 Å². The molecule has 0 amide bonds. The molecule has 1 N–H and O–H groups in total. The summed E-state index contributed by atoms with van der Waals surface area (Å²) in [6, 6.07) is 2.61. The number of pyridine rings is 1. The van der Waals surface area contributed by atoms with Crippen LogP contribution in [0.3, 0.4) is 0 Å². The van der Waals surface area contributed by atoms with Crippen LogP contribution in [-0.2, 0) is 0 Å². The van der Waals surface area contributed by atoms with Crippen LogP contribution < -0.4 is 10.1 Å². The molecule has 2 atom stereocenters. The van der Waals surface area contributed by atoms with Crippen LogP contribution in [-0.4, -0.2) is 24.7 Å². The molecule has 0 saturated carbocycles. The van der Waals surface area contributed by atoms with Crippen LogP contribution in [0, 0.1) is 5.92 Å². The Morgan fingerprint density at radius 1 is 1.33 bits per heavy atom. The van der Waals surface area contributed by atoms with Crippen LogP contribution in [0.5, 0.6) is 5.75 Å². The maximum Gasteiger partial charge on any atom is 0.137 e. The van der Waals surface area contributed by atoms with E-state index in [2.05, 4.69) is 22.4 Å². The van der Waals surface area contributed by atoms with Gasteiger partial charge in [-0.05, 0) is 49.8 Å². The second-order valence-electron chi connectivity index (χ2n) is 5.18. The van der Waals surface area contributed by atoms with Crippen molar-refractivity contribution in [2.75, 3.05) is 13.7 Å². The van der Waals surface area contributed by atoms with E-state index in [4.69, 9.17) is 4.74 Å². The predicted molar refractivity (Wildman–Crippen MR) is 72.5 cm³/mol. The van der Waals surface area contributed by atoms with E-state index < -0.39 is 0 Å². The molecule has 18 heavy (non-hydrogen) atoms. The molecule has 1 saturated heterocycles. The van der Waals surface area contributed by atoms with Crippen LogP contribution in [0.4, 0.5) is 0 Å². The minimum Gasteiger partial charge on any atom is -0.495 e. The molecule has 2 heterocycles. The Morgan fingerprint density at radius 2 is 2.28 bits per heavy atom. The van der Waals surface area contributed by atoms with E-state index in [0.29, 0.717) is 6.04 Å². The number of hydrogen-bond donors (Lipinski definition) is 1. The van der Waals surface area contributed by atoms with Gasteiger partial charge in [0.15, 0.2) is 0 Å². The number of aromatic nitrogens is 1. The Bertz CT molecular complexity index is 456. The summed E-state index contributed by atoms with van der Waals surface area (Å²) in [6.07, 6.45) is 11.3. The molecule has 3 heteroatoms. The van der Waals surface area contributed by atoms with Gasteiger partial charge in [0.2, 0.25) is 0 Å². The van der Waals surface area contributed by atoms with Crippen LogP contribution in [0.1, 0.15) is 31.2 Å². The second-order valence-corrected chi connectivity index (χ2v) is 5.18. The summed E-state index contributed by atoms with van der Waals surface area (Å²) in [6.45, 7) is 1.13. The quantitative estimate of drug-likeness (QED) is 0.868. The molecule has 3 rings (SSSR count). The second kappa shape index (κ2) is 5.11. The third-order valence-corrected chi connectivity index (χ3v) is 4.11. The van der Waals surface area contributed by atoms with E-state index >= 15 is 0 Å². The lowest BCUT2D eigenvalue weighted by Gasteiger charge is -2.37. The lowest BCUT2D eigenvalue weighted by molar-refractivity contribution is 0.303. The van der Waals surface area contributed by atoms with E-state index in [1.165, 1.54) is 36.8 Å². The third-order valence-electron chi connectivity index (χ3n) is 4.11. The fourth-order valence-corrected chi connectivity index (χ4v) is 3.20. The molecule has 0 bridgehead atoms. The largest absolute Gasteiger partial charge is 0.495 e. The van der Waals surface area contributed by atoms with Gasteiger partial charge in [-0.2, -0.15) is 0 Å². The molecular formula is C15H20N2O. The van der Waals surface area contributed by atoms with E-state index in [1.807, 2.05) is 6.20 Å². The summed E-state index contributed by atoms with van der Waals surface area (Å²) in [5, 5.41) is 3.67. The topological polar surface area (TPSA) is 34.1 Å². The number of allylic oxidation sites excluding steroid dienone is 1. The molecule has 1 aliphatic heterocycles. The predicted octanol–water partition coefficient (Wildman–Crippen LogP) is 2.64. The number of fused-ring (bicyclic) bond motifs is 1. The minimum atomic E-state index is 0.515. The van der Waals surface area contributed by atoms with Gasteiger partial charge in [-0.3, -0.25) is 4.98 Å². The van der Waals surface area contributed by atoms with Crippen molar-refractivity contribution in [2.45, 2.75) is 31.7 Å². The summed E-state index contributed by atoms with van der Waals surface area (Å²) in [5.41, 5.74) is 2.62. The highest BCUT2D eigenvalue weighted by Gasteiger charge is 2.30. The smallest absolute Gasteiger partial charge is 0.137 e. The first-order valence-electron chi connectivity index (χ1n) is 6.81. The van der Waals surface area contributed by atoms with Gasteiger partial charge in [0.1, 0.15) is 5.75 Å². The van der Waals surface area contributed by atoms with Crippen LogP contribution >= 0.6 is 0 Å². The fraction of sp³-hybridized carbons (Fsp3) is 0.533. The summed E-state index contributed by atoms with van der Waals surface area (Å²) in [7, 11) is 1.69. The lowest BCUT2D eigenvalue weighted by Crippen LogP contribution is -2.43. The number of methoxy groups -OCH3 is 1. The number of hydrogen-bond acceptors (Lipinski definition) is 3. The van der Waals surface area contributed by atoms with Gasteiger partial charge in [-0.1, -0.05) is 6.08 Å². The normalized spacial score (nSPS) is 27.3. The molecule has 3 nitrogen and oxygen atoms in total. The summed E-state index contributed by atoms with van der Waals surface area (Å²) < 4.78 is 5.27. The van der Waals surface area contributed by atoms with E-state index in [9.17, 15) is 0 Å². The number of nitrogens with zero attached hydrogens (tertiary/aromatic N) is 1. The van der Waals surface area contributed by atoms with E-state index in [1.54, 1.807) is 13.3 Å². The fourth-order valence-electron chi connectivity index (χ4n) is 3.20. The molecule has 1 fully saturated rings. The Kier molecular flexibility index (Phi) is 3.33. The molecular weight excluding hydrogens is 224 g/mol. The first kappa shape index (κ1) is 11.7. The molecule has 2 aliphatic rings. The van der Waals surface area contributed by atoms with Gasteiger partial charge in [-0.15, -0.1) is 0 Å². The molecule has 0 spiro atoms. The lowest BCUT2D eigenvalue weighted by atomic mass is 9.77. The zero-order chi connectivity index (χ0) is 12.4. The Morgan fingerprint density at radius 3 is 3.17 bits per heavy atom. The molecule has 0 radical (unpaired) electrons. The minimum absolute atomic E-state index is 0.515. The molecule has 0 unspecified atom stereocenters. The third kappa shape index (κ3) is 2.15. The van der Waals surface area contributed by atoms with Crippen molar-refractivity contribution >= 4 is 5.57 Å². The number of nitrogens with one attached hydrogen (secondary N) is 1. The van der Waals surface area contributed by atoms with Crippen molar-refractivity contribution in [1.29, 1.82) is 0 Å². The van der Waals surface area contributed by atoms with Crippen molar-refractivity contribution < 1.29 is 4.74 Å². The first-order chi connectivity index (χ1) is 8.88. The van der Waals surface area contributed by atoms with Crippen molar-refractivity contribution in [3.63, 3.8) is 0 Å². The highest BCUT2D eigenvalue weighted by atomic mass is 16.5. The van der Waals surface area contributed by atoms with E-state index in [-0.39, 0.29) is 0 Å². The highest BCUT2D eigenvalue weighted by molar-refractivity contribution is 5.71. The average Bonchev–Trinajstić information content (AvgIpc) is 2.47. The average molecular weight is 244 g/mol. The molecule has 96 valence electrons. The summed E-state index contributed by atoms with van der Waals surface area (Å²) in [5.74, 6) is 1.64. The molecule has 0 aromatic carbocycles. The van der Waals surface area contributed by atoms with Gasteiger partial charge < -0.3 is 10.1 Å². The number of piperidine rings is 1. The van der Waals surface area contributed by atoms with Gasteiger partial charge >= 0.3 is 0 Å². The van der Waals surface area contributed by atoms with Gasteiger partial charge in [0.25, 0.3) is 0 Å². The summed E-state index contributed by atoms with van der Waals surface area (Å²) in [4.78, 5) is 4.27. The van der Waals surface area contributed by atoms with Crippen molar-refractivity contribution in [3.8, 4) is 5.75 Å². The molecule has 1 aromatic heterocycles. The Labute approximate surface area is 108 Å². The maximum atomic E-state index is 5.27. The van der Waals surface area contributed by atoms with Crippen LogP contribution in [0.2, 0.25) is 0 Å². The number of rotatable bonds is 2. The SMILES string of the molecule is COc1cncc(C2=CCC[C@@H]3CCCN[C@H]23)c1. The first-order valence-corrected chi connectivity index (χ1v) is 6.81. The van der Waals surface area contributed by atoms with Crippen molar-refractivity contribution in [1.82, 2.24) is 10.3 Å². The highest BCUT2D eigenvalue weighted by Crippen LogP contribution is 2.36. The van der Waals surface area contributed by atoms with Crippen molar-refractivity contribution in [2.24, 2.45) is 5.92 Å². The molecule has 1 aromatic rings. The van der Waals surface area contributed by atoms with Gasteiger partial charge in [0.05, 0.1) is 13.3 Å². The standard InChI is InChI=1S/C15H20N2O/c1-18-13-8-12(9-16-10-13)14-6-2-4-11-5-3-7-17-15(11)14/h6,8-11,15,17H,2-5,7H2,1H3/t11-,15+/m1/s1. The van der Waals surface area contributed by atoms with Gasteiger partial charge in [-0.25, -0.2) is 0 Å². The number of ether oxygens (including phenoxy) is 1. The van der Waals surface area contributed by atoms with Gasteiger partial charge in [0, 0.05) is 17.8 Å². The zero-order valence-electron chi connectivity index (χ0n) is 10.9. The van der Waals surface area contributed by atoms with E-state index in [0.717, 1.165) is 18.2 Å². The van der Waals surface area contributed by atoms with Crippen LogP contribution in [0.25, 0.3) is 5.57 Å². The molecule has 1 aliphatic carbocycles. The summed E-state index contributed by atoms with van der Waals surface area (Å²) >= 11 is 0. The Balaban J connectivity index is 1.91. The monoisotopic (exact) mass is 244 g/mol. The maximum absolute atomic E-state index is 5.27. The zero-order valence-corrected chi connectivity index (χ0v) is 10.9. The Hall–Kier alpha value is -1.35.